The number of carbonyl (C=O) groups is 2. The van der Waals surface area contributed by atoms with E-state index >= 15 is 0 Å². The molecule has 1 unspecified atom stereocenters. The first-order valence-electron chi connectivity index (χ1n) is 7.40. The smallest absolute Gasteiger partial charge is 0.223 e. The molecular formula is C16H23N3O3. The molecule has 1 heterocycles. The van der Waals surface area contributed by atoms with Crippen LogP contribution in [0.5, 0.6) is 5.75 Å². The number of methoxy groups -OCH3 is 1. The van der Waals surface area contributed by atoms with Gasteiger partial charge in [-0.1, -0.05) is 18.2 Å². The number of carbonyl (C=O) groups excluding carboxylic acids is 2. The number of hydrogen-bond acceptors (Lipinski definition) is 4. The van der Waals surface area contributed by atoms with Crippen LogP contribution in [-0.2, 0) is 16.1 Å². The topological polar surface area (TPSA) is 75.9 Å². The van der Waals surface area contributed by atoms with Crippen molar-refractivity contribution in [1.82, 2.24) is 9.80 Å². The first-order chi connectivity index (χ1) is 10.5. The fraction of sp³-hybridized carbons (Fsp3) is 0.500. The number of para-hydroxylation sites is 1. The van der Waals surface area contributed by atoms with Gasteiger partial charge in [-0.2, -0.15) is 0 Å². The molecule has 1 aliphatic rings. The molecule has 1 aromatic carbocycles. The summed E-state index contributed by atoms with van der Waals surface area (Å²) in [5.74, 6) is 0.0930. The summed E-state index contributed by atoms with van der Waals surface area (Å²) >= 11 is 0. The Morgan fingerprint density at radius 1 is 1.27 bits per heavy atom. The molecule has 1 atom stereocenters. The van der Waals surface area contributed by atoms with Crippen LogP contribution in [0.2, 0.25) is 0 Å². The van der Waals surface area contributed by atoms with Crippen LogP contribution in [0.25, 0.3) is 0 Å². The summed E-state index contributed by atoms with van der Waals surface area (Å²) in [5.41, 5.74) is 6.54. The Kier molecular flexibility index (Phi) is 5.38. The zero-order chi connectivity index (χ0) is 16.1. The lowest BCUT2D eigenvalue weighted by Crippen LogP contribution is -2.39. The van der Waals surface area contributed by atoms with E-state index < -0.39 is 0 Å². The van der Waals surface area contributed by atoms with Crippen molar-refractivity contribution in [2.45, 2.75) is 13.5 Å². The zero-order valence-corrected chi connectivity index (χ0v) is 13.1. The SMILES string of the molecule is COc1ccccc1CN1CCN(C(C)=O)CC(C(N)=O)C1. The van der Waals surface area contributed by atoms with E-state index in [2.05, 4.69) is 4.90 Å². The van der Waals surface area contributed by atoms with Gasteiger partial charge >= 0.3 is 0 Å². The number of hydrogen-bond donors (Lipinski definition) is 1. The molecule has 2 amide bonds. The quantitative estimate of drug-likeness (QED) is 0.877. The van der Waals surface area contributed by atoms with Crippen molar-refractivity contribution in [1.29, 1.82) is 0 Å². The summed E-state index contributed by atoms with van der Waals surface area (Å²) in [6.45, 7) is 4.45. The molecular weight excluding hydrogens is 282 g/mol. The van der Waals surface area contributed by atoms with Gasteiger partial charge in [0.2, 0.25) is 11.8 Å². The van der Waals surface area contributed by atoms with E-state index in [1.165, 1.54) is 6.92 Å². The molecule has 0 radical (unpaired) electrons. The van der Waals surface area contributed by atoms with Gasteiger partial charge in [-0.3, -0.25) is 14.5 Å². The van der Waals surface area contributed by atoms with Crippen LogP contribution in [0.3, 0.4) is 0 Å². The summed E-state index contributed by atoms with van der Waals surface area (Å²) in [7, 11) is 1.64. The summed E-state index contributed by atoms with van der Waals surface area (Å²) in [6.07, 6.45) is 0. The summed E-state index contributed by atoms with van der Waals surface area (Å²) in [4.78, 5) is 27.1. The van der Waals surface area contributed by atoms with Gasteiger partial charge in [-0.15, -0.1) is 0 Å². The Labute approximate surface area is 130 Å². The predicted molar refractivity (Wildman–Crippen MR) is 83.2 cm³/mol. The van der Waals surface area contributed by atoms with Gasteiger partial charge in [0.15, 0.2) is 0 Å². The highest BCUT2D eigenvalue weighted by atomic mass is 16.5. The minimum Gasteiger partial charge on any atom is -0.496 e. The molecule has 6 nitrogen and oxygen atoms in total. The lowest BCUT2D eigenvalue weighted by atomic mass is 10.1. The van der Waals surface area contributed by atoms with Gasteiger partial charge in [0, 0.05) is 45.2 Å². The molecule has 2 N–H and O–H groups in total. The van der Waals surface area contributed by atoms with Crippen LogP contribution < -0.4 is 10.5 Å². The van der Waals surface area contributed by atoms with E-state index in [0.29, 0.717) is 32.7 Å². The number of nitrogens with two attached hydrogens (primary N) is 1. The van der Waals surface area contributed by atoms with Crippen molar-refractivity contribution in [2.24, 2.45) is 11.7 Å². The maximum absolute atomic E-state index is 11.6. The van der Waals surface area contributed by atoms with E-state index in [0.717, 1.165) is 11.3 Å². The second-order valence-corrected chi connectivity index (χ2v) is 5.61. The third-order valence-corrected chi connectivity index (χ3v) is 4.04. The van der Waals surface area contributed by atoms with Crippen molar-refractivity contribution in [2.75, 3.05) is 33.3 Å². The molecule has 1 aliphatic heterocycles. The summed E-state index contributed by atoms with van der Waals surface area (Å²) in [6, 6.07) is 7.81. The van der Waals surface area contributed by atoms with Crippen LogP contribution in [0.1, 0.15) is 12.5 Å². The maximum atomic E-state index is 11.6. The average molecular weight is 305 g/mol. The fourth-order valence-corrected chi connectivity index (χ4v) is 2.76. The molecule has 1 aromatic rings. The van der Waals surface area contributed by atoms with Gasteiger partial charge in [0.05, 0.1) is 13.0 Å². The van der Waals surface area contributed by atoms with Crippen LogP contribution in [-0.4, -0.2) is 54.9 Å². The standard InChI is InChI=1S/C16H23N3O3/c1-12(20)19-8-7-18(10-14(11-19)16(17)21)9-13-5-3-4-6-15(13)22-2/h3-6,14H,7-11H2,1-2H3,(H2,17,21). The van der Waals surface area contributed by atoms with E-state index in [-0.39, 0.29) is 17.7 Å². The highest BCUT2D eigenvalue weighted by molar-refractivity contribution is 5.79. The van der Waals surface area contributed by atoms with Crippen LogP contribution in [0, 0.1) is 5.92 Å². The normalized spacial score (nSPS) is 19.5. The van der Waals surface area contributed by atoms with Crippen molar-refractivity contribution in [3.8, 4) is 5.75 Å². The number of amides is 2. The highest BCUT2D eigenvalue weighted by Crippen LogP contribution is 2.21. The molecule has 22 heavy (non-hydrogen) atoms. The monoisotopic (exact) mass is 305 g/mol. The molecule has 0 spiro atoms. The van der Waals surface area contributed by atoms with Gasteiger partial charge in [0.25, 0.3) is 0 Å². The zero-order valence-electron chi connectivity index (χ0n) is 13.1. The molecule has 0 aliphatic carbocycles. The van der Waals surface area contributed by atoms with Crippen molar-refractivity contribution in [3.63, 3.8) is 0 Å². The van der Waals surface area contributed by atoms with Gasteiger partial charge < -0.3 is 15.4 Å². The molecule has 1 fully saturated rings. The second kappa shape index (κ2) is 7.26. The predicted octanol–water partition coefficient (Wildman–Crippen LogP) is 0.461. The summed E-state index contributed by atoms with van der Waals surface area (Å²) < 4.78 is 5.37. The van der Waals surface area contributed by atoms with Gasteiger partial charge in [-0.25, -0.2) is 0 Å². The third-order valence-electron chi connectivity index (χ3n) is 4.04. The molecule has 6 heteroatoms. The first kappa shape index (κ1) is 16.3. The Balaban J connectivity index is 2.13. The lowest BCUT2D eigenvalue weighted by molar-refractivity contribution is -0.130. The minimum atomic E-state index is -0.363. The maximum Gasteiger partial charge on any atom is 0.223 e. The average Bonchev–Trinajstić information content (AvgIpc) is 2.71. The van der Waals surface area contributed by atoms with Gasteiger partial charge in [-0.05, 0) is 6.07 Å². The van der Waals surface area contributed by atoms with Crippen LogP contribution >= 0.6 is 0 Å². The first-order valence-corrected chi connectivity index (χ1v) is 7.40. The molecule has 2 rings (SSSR count). The van der Waals surface area contributed by atoms with E-state index in [1.807, 2.05) is 24.3 Å². The minimum absolute atomic E-state index is 0.0228. The largest absolute Gasteiger partial charge is 0.496 e. The molecule has 0 aromatic heterocycles. The van der Waals surface area contributed by atoms with E-state index in [4.69, 9.17) is 10.5 Å². The second-order valence-electron chi connectivity index (χ2n) is 5.61. The van der Waals surface area contributed by atoms with Crippen molar-refractivity contribution < 1.29 is 14.3 Å². The lowest BCUT2D eigenvalue weighted by Gasteiger charge is -2.23. The Hall–Kier alpha value is -2.08. The third kappa shape index (κ3) is 3.98. The van der Waals surface area contributed by atoms with Gasteiger partial charge in [0.1, 0.15) is 5.75 Å². The fourth-order valence-electron chi connectivity index (χ4n) is 2.76. The number of nitrogens with zero attached hydrogens (tertiary/aromatic N) is 2. The molecule has 0 saturated carbocycles. The Bertz CT molecular complexity index is 547. The Morgan fingerprint density at radius 2 is 2.00 bits per heavy atom. The van der Waals surface area contributed by atoms with Crippen molar-refractivity contribution in [3.05, 3.63) is 29.8 Å². The van der Waals surface area contributed by atoms with E-state index in [9.17, 15) is 9.59 Å². The number of benzene rings is 1. The van der Waals surface area contributed by atoms with Crippen LogP contribution in [0.15, 0.2) is 24.3 Å². The highest BCUT2D eigenvalue weighted by Gasteiger charge is 2.27. The van der Waals surface area contributed by atoms with E-state index in [1.54, 1.807) is 12.0 Å². The number of ether oxygens (including phenoxy) is 1. The molecule has 1 saturated heterocycles. The number of primary amides is 1. The number of rotatable bonds is 4. The molecule has 120 valence electrons. The summed E-state index contributed by atoms with van der Waals surface area (Å²) in [5, 5.41) is 0. The molecule has 0 bridgehead atoms. The van der Waals surface area contributed by atoms with Crippen LogP contribution in [0.4, 0.5) is 0 Å². The Morgan fingerprint density at radius 3 is 2.64 bits per heavy atom. The van der Waals surface area contributed by atoms with Crippen molar-refractivity contribution >= 4 is 11.8 Å².